The monoisotopic (exact) mass is 307 g/mol. The Balaban J connectivity index is 2.35. The normalized spacial score (nSPS) is 10.4. The zero-order valence-corrected chi connectivity index (χ0v) is 12.1. The molecule has 0 unspecified atom stereocenters. The highest BCUT2D eigenvalue weighted by molar-refractivity contribution is 9.10. The highest BCUT2D eigenvalue weighted by Crippen LogP contribution is 2.21. The zero-order chi connectivity index (χ0) is 13.3. The number of carbonyl (C=O) groups is 1. The number of nitrogens with zero attached hydrogens (tertiary/aromatic N) is 3. The second-order valence-corrected chi connectivity index (χ2v) is 4.87. The largest absolute Gasteiger partial charge is 0.349 e. The summed E-state index contributed by atoms with van der Waals surface area (Å²) in [7, 11) is 1.74. The number of carbonyl (C=O) groups excluding carboxylic acids is 1. The minimum atomic E-state index is -0.174. The third-order valence-electron chi connectivity index (χ3n) is 2.81. The van der Waals surface area contributed by atoms with Crippen molar-refractivity contribution in [3.05, 3.63) is 46.2 Å². The molecule has 5 heteroatoms. The third-order valence-corrected chi connectivity index (χ3v) is 3.96. The summed E-state index contributed by atoms with van der Waals surface area (Å²) in [6.07, 6.45) is 0. The van der Waals surface area contributed by atoms with Gasteiger partial charge in [0.15, 0.2) is 0 Å². The molecule has 2 rings (SSSR count). The van der Waals surface area contributed by atoms with E-state index >= 15 is 0 Å². The zero-order valence-electron chi connectivity index (χ0n) is 10.5. The van der Waals surface area contributed by atoms with E-state index in [0.29, 0.717) is 0 Å². The summed E-state index contributed by atoms with van der Waals surface area (Å²) in [5.74, 6) is 0. The Morgan fingerprint density at radius 2 is 1.89 bits per heavy atom. The van der Waals surface area contributed by atoms with Crippen molar-refractivity contribution in [1.29, 1.82) is 0 Å². The standard InChI is InChI=1S/C13H14BrN3O/c1-9-12(14)10(2)17(15-9)13(18)16(3)11-7-5-4-6-8-11/h4-8H,1-3H3. The molecule has 1 aromatic carbocycles. The SMILES string of the molecule is Cc1nn(C(=O)N(C)c2ccccc2)c(C)c1Br. The molecule has 0 aliphatic rings. The third kappa shape index (κ3) is 2.18. The van der Waals surface area contributed by atoms with Crippen molar-refractivity contribution in [2.24, 2.45) is 0 Å². The summed E-state index contributed by atoms with van der Waals surface area (Å²) >= 11 is 3.42. The molecule has 1 aromatic heterocycles. The smallest absolute Gasteiger partial charge is 0.296 e. The van der Waals surface area contributed by atoms with Crippen LogP contribution in [-0.2, 0) is 0 Å². The first-order chi connectivity index (χ1) is 8.52. The minimum absolute atomic E-state index is 0.174. The lowest BCUT2D eigenvalue weighted by molar-refractivity contribution is 0.245. The van der Waals surface area contributed by atoms with Crippen LogP contribution in [0.15, 0.2) is 34.8 Å². The molecule has 0 aliphatic heterocycles. The molecular formula is C13H14BrN3O. The van der Waals surface area contributed by atoms with Gasteiger partial charge in [0.2, 0.25) is 0 Å². The lowest BCUT2D eigenvalue weighted by Gasteiger charge is -2.17. The highest BCUT2D eigenvalue weighted by atomic mass is 79.9. The van der Waals surface area contributed by atoms with Gasteiger partial charge in [-0.2, -0.15) is 9.78 Å². The molecule has 0 N–H and O–H groups in total. The molecule has 0 radical (unpaired) electrons. The number of benzene rings is 1. The molecule has 0 aliphatic carbocycles. The van der Waals surface area contributed by atoms with E-state index in [0.717, 1.165) is 21.5 Å². The van der Waals surface area contributed by atoms with Gasteiger partial charge in [-0.25, -0.2) is 4.79 Å². The quantitative estimate of drug-likeness (QED) is 0.810. The maximum absolute atomic E-state index is 12.3. The first-order valence-corrected chi connectivity index (χ1v) is 6.36. The van der Waals surface area contributed by atoms with Gasteiger partial charge in [0, 0.05) is 12.7 Å². The summed E-state index contributed by atoms with van der Waals surface area (Å²) in [6.45, 7) is 3.73. The van der Waals surface area contributed by atoms with Crippen LogP contribution in [0.4, 0.5) is 10.5 Å². The molecule has 18 heavy (non-hydrogen) atoms. The Kier molecular flexibility index (Phi) is 3.52. The highest BCUT2D eigenvalue weighted by Gasteiger charge is 2.18. The number of para-hydroxylation sites is 1. The Hall–Kier alpha value is -1.62. The van der Waals surface area contributed by atoms with E-state index < -0.39 is 0 Å². The fraction of sp³-hybridized carbons (Fsp3) is 0.231. The topological polar surface area (TPSA) is 38.1 Å². The summed E-state index contributed by atoms with van der Waals surface area (Å²) in [6, 6.07) is 9.32. The van der Waals surface area contributed by atoms with E-state index in [1.807, 2.05) is 44.2 Å². The van der Waals surface area contributed by atoms with Crippen molar-refractivity contribution in [2.45, 2.75) is 13.8 Å². The maximum atomic E-state index is 12.3. The summed E-state index contributed by atoms with van der Waals surface area (Å²) in [5, 5.41) is 4.23. The summed E-state index contributed by atoms with van der Waals surface area (Å²) in [5.41, 5.74) is 2.45. The average Bonchev–Trinajstić information content (AvgIpc) is 2.66. The van der Waals surface area contributed by atoms with Gasteiger partial charge in [-0.05, 0) is 41.9 Å². The number of halogens is 1. The van der Waals surface area contributed by atoms with Crippen molar-refractivity contribution in [1.82, 2.24) is 9.78 Å². The Bertz CT molecular complexity index is 577. The van der Waals surface area contributed by atoms with Crippen LogP contribution < -0.4 is 4.90 Å². The van der Waals surface area contributed by atoms with Gasteiger partial charge in [-0.3, -0.25) is 4.90 Å². The molecular weight excluding hydrogens is 294 g/mol. The lowest BCUT2D eigenvalue weighted by Crippen LogP contribution is -2.32. The van der Waals surface area contributed by atoms with Crippen LogP contribution in [0.1, 0.15) is 11.4 Å². The fourth-order valence-corrected chi connectivity index (χ4v) is 1.96. The van der Waals surface area contributed by atoms with Crippen molar-refractivity contribution in [3.63, 3.8) is 0 Å². The average molecular weight is 308 g/mol. The molecule has 4 nitrogen and oxygen atoms in total. The van der Waals surface area contributed by atoms with Crippen molar-refractivity contribution >= 4 is 27.6 Å². The first-order valence-electron chi connectivity index (χ1n) is 5.57. The van der Waals surface area contributed by atoms with Gasteiger partial charge in [-0.1, -0.05) is 18.2 Å². The van der Waals surface area contributed by atoms with E-state index in [4.69, 9.17) is 0 Å². The molecule has 0 fully saturated rings. The molecule has 2 aromatic rings. The Morgan fingerprint density at radius 1 is 1.28 bits per heavy atom. The van der Waals surface area contributed by atoms with Crippen molar-refractivity contribution in [2.75, 3.05) is 11.9 Å². The van der Waals surface area contributed by atoms with E-state index in [9.17, 15) is 4.79 Å². The predicted octanol–water partition coefficient (Wildman–Crippen LogP) is 3.37. The van der Waals surface area contributed by atoms with Gasteiger partial charge in [0.25, 0.3) is 0 Å². The Labute approximate surface area is 114 Å². The van der Waals surface area contributed by atoms with Gasteiger partial charge in [0.05, 0.1) is 15.9 Å². The van der Waals surface area contributed by atoms with Crippen LogP contribution >= 0.6 is 15.9 Å². The van der Waals surface area contributed by atoms with Crippen LogP contribution in [0.3, 0.4) is 0 Å². The molecule has 94 valence electrons. The van der Waals surface area contributed by atoms with E-state index in [2.05, 4.69) is 21.0 Å². The van der Waals surface area contributed by atoms with Crippen LogP contribution in [0.5, 0.6) is 0 Å². The summed E-state index contributed by atoms with van der Waals surface area (Å²) in [4.78, 5) is 13.9. The van der Waals surface area contributed by atoms with Crippen LogP contribution in [0.2, 0.25) is 0 Å². The minimum Gasteiger partial charge on any atom is -0.296 e. The Morgan fingerprint density at radius 3 is 2.39 bits per heavy atom. The number of rotatable bonds is 1. The number of aryl methyl sites for hydroxylation is 1. The van der Waals surface area contributed by atoms with Gasteiger partial charge in [-0.15, -0.1) is 0 Å². The summed E-state index contributed by atoms with van der Waals surface area (Å²) < 4.78 is 2.28. The molecule has 0 bridgehead atoms. The van der Waals surface area contributed by atoms with E-state index in [1.54, 1.807) is 11.9 Å². The number of hydrogen-bond acceptors (Lipinski definition) is 2. The second kappa shape index (κ2) is 4.94. The van der Waals surface area contributed by atoms with Crippen LogP contribution in [0.25, 0.3) is 0 Å². The number of anilines is 1. The van der Waals surface area contributed by atoms with Crippen LogP contribution in [0, 0.1) is 13.8 Å². The van der Waals surface area contributed by atoms with Crippen molar-refractivity contribution < 1.29 is 4.79 Å². The predicted molar refractivity (Wildman–Crippen MR) is 75.0 cm³/mol. The second-order valence-electron chi connectivity index (χ2n) is 4.07. The van der Waals surface area contributed by atoms with Crippen LogP contribution in [-0.4, -0.2) is 22.9 Å². The maximum Gasteiger partial charge on any atom is 0.349 e. The first kappa shape index (κ1) is 12.8. The fourth-order valence-electron chi connectivity index (χ4n) is 1.71. The molecule has 0 saturated heterocycles. The molecule has 1 heterocycles. The van der Waals surface area contributed by atoms with Gasteiger partial charge < -0.3 is 0 Å². The lowest BCUT2D eigenvalue weighted by atomic mass is 10.3. The van der Waals surface area contributed by atoms with E-state index in [-0.39, 0.29) is 6.03 Å². The number of hydrogen-bond donors (Lipinski definition) is 0. The molecule has 0 spiro atoms. The van der Waals surface area contributed by atoms with Crippen molar-refractivity contribution in [3.8, 4) is 0 Å². The molecule has 0 atom stereocenters. The van der Waals surface area contributed by atoms with Gasteiger partial charge in [0.1, 0.15) is 0 Å². The molecule has 0 saturated carbocycles. The number of aromatic nitrogens is 2. The van der Waals surface area contributed by atoms with Gasteiger partial charge >= 0.3 is 6.03 Å². The number of amides is 1. The molecule has 1 amide bonds. The van der Waals surface area contributed by atoms with E-state index in [1.165, 1.54) is 4.68 Å².